The smallest absolute Gasteiger partial charge is 0.315 e. The number of hydrogen-bond acceptors (Lipinski definition) is 4. The number of rotatable bonds is 4. The molecule has 6 nitrogen and oxygen atoms in total. The summed E-state index contributed by atoms with van der Waals surface area (Å²) in [4.78, 5) is 12.3. The molecule has 3 aliphatic rings. The molecule has 3 rings (SSSR count). The van der Waals surface area contributed by atoms with Crippen molar-refractivity contribution < 1.29 is 19.0 Å². The van der Waals surface area contributed by atoms with E-state index < -0.39 is 0 Å². The second kappa shape index (κ2) is 8.50. The zero-order chi connectivity index (χ0) is 16.8. The molecule has 3 fully saturated rings. The van der Waals surface area contributed by atoms with E-state index in [4.69, 9.17) is 14.2 Å². The quantitative estimate of drug-likeness (QED) is 0.823. The number of nitrogens with one attached hydrogen (secondary N) is 2. The number of methoxy groups -OCH3 is 1. The molecule has 1 spiro atoms. The summed E-state index contributed by atoms with van der Waals surface area (Å²) in [6, 6.07) is 0.496. The van der Waals surface area contributed by atoms with Gasteiger partial charge in [-0.2, -0.15) is 0 Å². The Labute approximate surface area is 145 Å². The first-order valence-corrected chi connectivity index (χ1v) is 9.47. The largest absolute Gasteiger partial charge is 0.384 e. The van der Waals surface area contributed by atoms with Gasteiger partial charge in [-0.15, -0.1) is 0 Å². The van der Waals surface area contributed by atoms with E-state index >= 15 is 0 Å². The molecule has 1 saturated carbocycles. The van der Waals surface area contributed by atoms with Crippen molar-refractivity contribution in [1.29, 1.82) is 0 Å². The Hall–Kier alpha value is -0.850. The van der Waals surface area contributed by atoms with Gasteiger partial charge in [-0.25, -0.2) is 4.79 Å². The van der Waals surface area contributed by atoms with Gasteiger partial charge in [0, 0.05) is 45.6 Å². The van der Waals surface area contributed by atoms with Crippen LogP contribution >= 0.6 is 0 Å². The lowest BCUT2D eigenvalue weighted by Gasteiger charge is -2.43. The van der Waals surface area contributed by atoms with Crippen molar-refractivity contribution in [3.05, 3.63) is 0 Å². The van der Waals surface area contributed by atoms with Crippen molar-refractivity contribution in [2.24, 2.45) is 5.92 Å². The highest BCUT2D eigenvalue weighted by molar-refractivity contribution is 5.74. The van der Waals surface area contributed by atoms with Gasteiger partial charge in [0.25, 0.3) is 0 Å². The number of ether oxygens (including phenoxy) is 3. The van der Waals surface area contributed by atoms with Crippen LogP contribution in [0, 0.1) is 5.92 Å². The first-order valence-electron chi connectivity index (χ1n) is 9.47. The van der Waals surface area contributed by atoms with E-state index in [0.29, 0.717) is 12.0 Å². The maximum absolute atomic E-state index is 12.3. The average molecular weight is 340 g/mol. The van der Waals surface area contributed by atoms with Crippen molar-refractivity contribution in [3.63, 3.8) is 0 Å². The van der Waals surface area contributed by atoms with Gasteiger partial charge in [-0.3, -0.25) is 0 Å². The van der Waals surface area contributed by atoms with E-state index in [1.165, 1.54) is 0 Å². The lowest BCUT2D eigenvalue weighted by atomic mass is 9.84. The average Bonchev–Trinajstić information content (AvgIpc) is 2.57. The maximum atomic E-state index is 12.3. The third kappa shape index (κ3) is 4.83. The summed E-state index contributed by atoms with van der Waals surface area (Å²) in [7, 11) is 1.76. The lowest BCUT2D eigenvalue weighted by Crippen LogP contribution is -2.54. The van der Waals surface area contributed by atoms with Crippen LogP contribution in [0.2, 0.25) is 0 Å². The fourth-order valence-electron chi connectivity index (χ4n) is 4.36. The van der Waals surface area contributed by atoms with E-state index in [9.17, 15) is 4.79 Å². The van der Waals surface area contributed by atoms with Crippen LogP contribution in [0.25, 0.3) is 0 Å². The predicted molar refractivity (Wildman–Crippen MR) is 91.0 cm³/mol. The van der Waals surface area contributed by atoms with Crippen LogP contribution in [0.5, 0.6) is 0 Å². The van der Waals surface area contributed by atoms with Crippen molar-refractivity contribution in [2.75, 3.05) is 33.5 Å². The lowest BCUT2D eigenvalue weighted by molar-refractivity contribution is -0.139. The highest BCUT2D eigenvalue weighted by atomic mass is 16.5. The molecule has 138 valence electrons. The molecule has 2 N–H and O–H groups in total. The maximum Gasteiger partial charge on any atom is 0.315 e. The number of hydrogen-bond donors (Lipinski definition) is 2. The van der Waals surface area contributed by atoms with Gasteiger partial charge < -0.3 is 24.8 Å². The number of urea groups is 1. The van der Waals surface area contributed by atoms with E-state index in [-0.39, 0.29) is 17.7 Å². The van der Waals surface area contributed by atoms with E-state index in [1.807, 2.05) is 0 Å². The first kappa shape index (κ1) is 18.0. The van der Waals surface area contributed by atoms with Crippen LogP contribution in [-0.2, 0) is 14.2 Å². The second-order valence-electron chi connectivity index (χ2n) is 7.62. The van der Waals surface area contributed by atoms with Crippen LogP contribution in [0.15, 0.2) is 0 Å². The molecule has 2 saturated heterocycles. The highest BCUT2D eigenvalue weighted by Gasteiger charge is 2.39. The van der Waals surface area contributed by atoms with Crippen molar-refractivity contribution in [2.45, 2.75) is 69.1 Å². The van der Waals surface area contributed by atoms with Crippen LogP contribution < -0.4 is 10.6 Å². The molecular weight excluding hydrogens is 308 g/mol. The summed E-state index contributed by atoms with van der Waals surface area (Å²) in [6.45, 7) is 3.10. The topological polar surface area (TPSA) is 68.8 Å². The Kier molecular flexibility index (Phi) is 6.36. The van der Waals surface area contributed by atoms with Gasteiger partial charge in [0.15, 0.2) is 0 Å². The highest BCUT2D eigenvalue weighted by Crippen LogP contribution is 2.34. The molecule has 0 bridgehead atoms. The summed E-state index contributed by atoms with van der Waals surface area (Å²) in [5.74, 6) is 0.653. The predicted octanol–water partition coefficient (Wildman–Crippen LogP) is 2.22. The number of amides is 2. The van der Waals surface area contributed by atoms with E-state index in [2.05, 4.69) is 10.6 Å². The zero-order valence-corrected chi connectivity index (χ0v) is 14.9. The fourth-order valence-corrected chi connectivity index (χ4v) is 4.36. The van der Waals surface area contributed by atoms with E-state index in [0.717, 1.165) is 77.8 Å². The molecule has 2 amide bonds. The molecule has 1 aliphatic carbocycles. The van der Waals surface area contributed by atoms with Gasteiger partial charge in [0.2, 0.25) is 0 Å². The Morgan fingerprint density at radius 1 is 1.04 bits per heavy atom. The summed E-state index contributed by atoms with van der Waals surface area (Å²) in [6.07, 6.45) is 8.07. The molecule has 0 radical (unpaired) electrons. The molecule has 1 unspecified atom stereocenters. The van der Waals surface area contributed by atoms with Crippen LogP contribution in [0.4, 0.5) is 4.79 Å². The molecule has 0 aromatic heterocycles. The number of carbonyl (C=O) groups is 1. The third-order valence-electron chi connectivity index (χ3n) is 5.82. The third-order valence-corrected chi connectivity index (χ3v) is 5.82. The molecule has 1 atom stereocenters. The first-order chi connectivity index (χ1) is 11.7. The summed E-state index contributed by atoms with van der Waals surface area (Å²) in [5, 5.41) is 6.34. The molecular formula is C18H32N2O4. The minimum Gasteiger partial charge on any atom is -0.384 e. The van der Waals surface area contributed by atoms with E-state index in [1.54, 1.807) is 7.11 Å². The van der Waals surface area contributed by atoms with Crippen molar-refractivity contribution >= 4 is 6.03 Å². The standard InChI is InChI=1S/C18H32N2O4/c1-22-13-14-2-4-15(5-3-14)19-17(21)20-16-6-9-24-18(12-16)7-10-23-11-8-18/h14-16H,2-13H2,1H3,(H2,19,20,21). The van der Waals surface area contributed by atoms with Crippen molar-refractivity contribution in [3.8, 4) is 0 Å². The Morgan fingerprint density at radius 3 is 2.46 bits per heavy atom. The monoisotopic (exact) mass is 340 g/mol. The summed E-state index contributed by atoms with van der Waals surface area (Å²) < 4.78 is 16.7. The van der Waals surface area contributed by atoms with Gasteiger partial charge in [0.05, 0.1) is 5.60 Å². The molecule has 2 aliphatic heterocycles. The Bertz CT molecular complexity index is 398. The molecule has 6 heteroatoms. The van der Waals surface area contributed by atoms with Crippen LogP contribution in [0.3, 0.4) is 0 Å². The summed E-state index contributed by atoms with van der Waals surface area (Å²) >= 11 is 0. The Morgan fingerprint density at radius 2 is 1.75 bits per heavy atom. The molecule has 2 heterocycles. The minimum absolute atomic E-state index is 0.0145. The molecule has 24 heavy (non-hydrogen) atoms. The van der Waals surface area contributed by atoms with Gasteiger partial charge in [-0.05, 0) is 57.3 Å². The van der Waals surface area contributed by atoms with Crippen LogP contribution in [0.1, 0.15) is 51.4 Å². The summed E-state index contributed by atoms with van der Waals surface area (Å²) in [5.41, 5.74) is -0.0767. The molecule has 0 aromatic carbocycles. The molecule has 0 aromatic rings. The zero-order valence-electron chi connectivity index (χ0n) is 14.9. The van der Waals surface area contributed by atoms with Gasteiger partial charge in [0.1, 0.15) is 0 Å². The van der Waals surface area contributed by atoms with Crippen molar-refractivity contribution in [1.82, 2.24) is 10.6 Å². The normalized spacial score (nSPS) is 33.1. The van der Waals surface area contributed by atoms with Gasteiger partial charge in [-0.1, -0.05) is 0 Å². The van der Waals surface area contributed by atoms with Crippen LogP contribution in [-0.4, -0.2) is 57.3 Å². The Balaban J connectivity index is 1.40. The second-order valence-corrected chi connectivity index (χ2v) is 7.62. The van der Waals surface area contributed by atoms with Gasteiger partial charge >= 0.3 is 6.03 Å². The fraction of sp³-hybridized carbons (Fsp3) is 0.944. The number of carbonyl (C=O) groups excluding carboxylic acids is 1. The minimum atomic E-state index is -0.0767. The SMILES string of the molecule is COCC1CCC(NC(=O)NC2CCOC3(CCOCC3)C2)CC1.